The van der Waals surface area contributed by atoms with E-state index in [9.17, 15) is 4.79 Å². The minimum atomic E-state index is -0.154. The Morgan fingerprint density at radius 1 is 0.933 bits per heavy atom. The standard InChI is InChI=1S/C22H27NO6S/c1-6-29-20-9-14(7-8-17(20)26-3)22-23(21(24)13-30-22)12-16-18(27-4)10-15(25-2)11-19(16)28-5/h7-11,22H,6,12-13H2,1-5H3. The second-order valence-corrected chi connectivity index (χ2v) is 7.61. The molecule has 0 aromatic heterocycles. The van der Waals surface area contributed by atoms with Crippen molar-refractivity contribution < 1.29 is 28.5 Å². The van der Waals surface area contributed by atoms with E-state index in [1.165, 1.54) is 0 Å². The predicted molar refractivity (Wildman–Crippen MR) is 116 cm³/mol. The van der Waals surface area contributed by atoms with Crippen LogP contribution in [0.4, 0.5) is 0 Å². The number of rotatable bonds is 9. The molecule has 30 heavy (non-hydrogen) atoms. The van der Waals surface area contributed by atoms with Crippen molar-refractivity contribution in [2.45, 2.75) is 18.8 Å². The number of ether oxygens (including phenoxy) is 5. The largest absolute Gasteiger partial charge is 0.496 e. The molecule has 2 aromatic rings. The fraction of sp³-hybridized carbons (Fsp3) is 0.409. The van der Waals surface area contributed by atoms with Gasteiger partial charge >= 0.3 is 0 Å². The third-order valence-corrected chi connectivity index (χ3v) is 6.14. The van der Waals surface area contributed by atoms with E-state index in [4.69, 9.17) is 23.7 Å². The first kappa shape index (κ1) is 22.0. The van der Waals surface area contributed by atoms with Crippen LogP contribution >= 0.6 is 11.8 Å². The molecular weight excluding hydrogens is 406 g/mol. The van der Waals surface area contributed by atoms with Gasteiger partial charge in [0.1, 0.15) is 22.6 Å². The maximum Gasteiger partial charge on any atom is 0.234 e. The molecule has 0 saturated carbocycles. The molecule has 1 atom stereocenters. The highest BCUT2D eigenvalue weighted by molar-refractivity contribution is 8.00. The zero-order valence-electron chi connectivity index (χ0n) is 17.9. The summed E-state index contributed by atoms with van der Waals surface area (Å²) in [4.78, 5) is 14.6. The van der Waals surface area contributed by atoms with E-state index in [2.05, 4.69) is 0 Å². The Morgan fingerprint density at radius 3 is 2.17 bits per heavy atom. The van der Waals surface area contributed by atoms with Crippen LogP contribution in [-0.2, 0) is 11.3 Å². The second kappa shape index (κ2) is 9.84. The summed E-state index contributed by atoms with van der Waals surface area (Å²) >= 11 is 1.58. The van der Waals surface area contributed by atoms with Crippen molar-refractivity contribution in [2.75, 3.05) is 40.8 Å². The first-order valence-electron chi connectivity index (χ1n) is 9.56. The second-order valence-electron chi connectivity index (χ2n) is 6.54. The number of hydrogen-bond donors (Lipinski definition) is 0. The van der Waals surface area contributed by atoms with Gasteiger partial charge in [0.2, 0.25) is 5.91 Å². The minimum absolute atomic E-state index is 0.0544. The lowest BCUT2D eigenvalue weighted by Crippen LogP contribution is -2.28. The Bertz CT molecular complexity index is 878. The van der Waals surface area contributed by atoms with Gasteiger partial charge in [-0.05, 0) is 24.6 Å². The number of thioether (sulfide) groups is 1. The van der Waals surface area contributed by atoms with Crippen molar-refractivity contribution in [3.63, 3.8) is 0 Å². The molecule has 7 nitrogen and oxygen atoms in total. The molecule has 0 bridgehead atoms. The third-order valence-electron chi connectivity index (χ3n) is 4.89. The van der Waals surface area contributed by atoms with E-state index in [0.29, 0.717) is 47.7 Å². The Kier molecular flexibility index (Phi) is 7.20. The Labute approximate surface area is 181 Å². The average molecular weight is 434 g/mol. The van der Waals surface area contributed by atoms with Crippen LogP contribution in [0.15, 0.2) is 30.3 Å². The highest BCUT2D eigenvalue weighted by atomic mass is 32.2. The molecule has 1 aliphatic heterocycles. The van der Waals surface area contributed by atoms with Gasteiger partial charge in [-0.1, -0.05) is 6.07 Å². The number of benzene rings is 2. The van der Waals surface area contributed by atoms with Crippen molar-refractivity contribution in [1.29, 1.82) is 0 Å². The monoisotopic (exact) mass is 433 g/mol. The lowest BCUT2D eigenvalue weighted by molar-refractivity contribution is -0.128. The van der Waals surface area contributed by atoms with Crippen molar-refractivity contribution in [3.05, 3.63) is 41.5 Å². The zero-order valence-corrected chi connectivity index (χ0v) is 18.7. The highest BCUT2D eigenvalue weighted by Gasteiger charge is 2.34. The predicted octanol–water partition coefficient (Wildman–Crippen LogP) is 3.89. The summed E-state index contributed by atoms with van der Waals surface area (Å²) < 4.78 is 27.5. The van der Waals surface area contributed by atoms with E-state index >= 15 is 0 Å². The van der Waals surface area contributed by atoms with Crippen LogP contribution < -0.4 is 23.7 Å². The van der Waals surface area contributed by atoms with E-state index in [1.807, 2.05) is 30.0 Å². The molecule has 2 aromatic carbocycles. The van der Waals surface area contributed by atoms with Gasteiger partial charge in [0.05, 0.1) is 52.9 Å². The molecule has 1 amide bonds. The molecular formula is C22H27NO6S. The quantitative estimate of drug-likeness (QED) is 0.594. The van der Waals surface area contributed by atoms with Crippen molar-refractivity contribution in [2.24, 2.45) is 0 Å². The van der Waals surface area contributed by atoms with Crippen LogP contribution in [0.2, 0.25) is 0 Å². The molecule has 0 N–H and O–H groups in total. The molecule has 0 aliphatic carbocycles. The molecule has 8 heteroatoms. The highest BCUT2D eigenvalue weighted by Crippen LogP contribution is 2.44. The number of methoxy groups -OCH3 is 4. The topological polar surface area (TPSA) is 66.5 Å². The first-order chi connectivity index (χ1) is 14.6. The Balaban J connectivity index is 1.96. The maximum atomic E-state index is 12.8. The van der Waals surface area contributed by atoms with E-state index in [1.54, 1.807) is 52.3 Å². The van der Waals surface area contributed by atoms with E-state index in [0.717, 1.165) is 11.1 Å². The van der Waals surface area contributed by atoms with Crippen LogP contribution in [0.5, 0.6) is 28.7 Å². The van der Waals surface area contributed by atoms with Crippen LogP contribution in [0.25, 0.3) is 0 Å². The normalized spacial score (nSPS) is 15.8. The fourth-order valence-electron chi connectivity index (χ4n) is 3.42. The van der Waals surface area contributed by atoms with Gasteiger partial charge in [-0.3, -0.25) is 4.79 Å². The van der Waals surface area contributed by atoms with Gasteiger partial charge in [-0.2, -0.15) is 0 Å². The van der Waals surface area contributed by atoms with Gasteiger partial charge < -0.3 is 28.6 Å². The molecule has 1 aliphatic rings. The van der Waals surface area contributed by atoms with Gasteiger partial charge in [-0.15, -0.1) is 11.8 Å². The zero-order chi connectivity index (χ0) is 21.7. The first-order valence-corrected chi connectivity index (χ1v) is 10.6. The third kappa shape index (κ3) is 4.38. The molecule has 3 rings (SSSR count). The summed E-state index contributed by atoms with van der Waals surface area (Å²) in [6.45, 7) is 2.80. The summed E-state index contributed by atoms with van der Waals surface area (Å²) in [5.41, 5.74) is 1.77. The summed E-state index contributed by atoms with van der Waals surface area (Å²) in [6, 6.07) is 9.36. The van der Waals surface area contributed by atoms with Gasteiger partial charge in [-0.25, -0.2) is 0 Å². The van der Waals surface area contributed by atoms with E-state index < -0.39 is 0 Å². The lowest BCUT2D eigenvalue weighted by Gasteiger charge is -2.26. The van der Waals surface area contributed by atoms with Gasteiger partial charge in [0.15, 0.2) is 11.5 Å². The lowest BCUT2D eigenvalue weighted by atomic mass is 10.1. The number of carbonyl (C=O) groups excluding carboxylic acids is 1. The molecule has 1 saturated heterocycles. The van der Waals surface area contributed by atoms with E-state index in [-0.39, 0.29) is 11.3 Å². The molecule has 0 spiro atoms. The molecule has 0 radical (unpaired) electrons. The number of nitrogens with zero attached hydrogens (tertiary/aromatic N) is 1. The summed E-state index contributed by atoms with van der Waals surface area (Å²) in [5, 5.41) is -0.154. The minimum Gasteiger partial charge on any atom is -0.496 e. The van der Waals surface area contributed by atoms with Crippen molar-refractivity contribution >= 4 is 17.7 Å². The number of carbonyl (C=O) groups is 1. The Hall–Kier alpha value is -2.74. The summed E-state index contributed by atoms with van der Waals surface area (Å²) in [7, 11) is 6.38. The molecule has 162 valence electrons. The van der Waals surface area contributed by atoms with Crippen LogP contribution in [0, 0.1) is 0 Å². The summed E-state index contributed by atoms with van der Waals surface area (Å²) in [6.07, 6.45) is 0. The SMILES string of the molecule is CCOc1cc(C2SCC(=O)N2Cc2c(OC)cc(OC)cc2OC)ccc1OC. The molecule has 1 heterocycles. The van der Waals surface area contributed by atoms with Crippen molar-refractivity contribution in [3.8, 4) is 28.7 Å². The molecule has 1 fully saturated rings. The average Bonchev–Trinajstić information content (AvgIpc) is 3.14. The maximum absolute atomic E-state index is 12.8. The van der Waals surface area contributed by atoms with Crippen LogP contribution in [-0.4, -0.2) is 51.6 Å². The van der Waals surface area contributed by atoms with Gasteiger partial charge in [0, 0.05) is 12.1 Å². The Morgan fingerprint density at radius 2 is 1.60 bits per heavy atom. The number of amides is 1. The van der Waals surface area contributed by atoms with Crippen molar-refractivity contribution in [1.82, 2.24) is 4.90 Å². The fourth-order valence-corrected chi connectivity index (χ4v) is 4.60. The van der Waals surface area contributed by atoms with Crippen LogP contribution in [0.3, 0.4) is 0 Å². The number of hydrogen-bond acceptors (Lipinski definition) is 7. The summed E-state index contributed by atoms with van der Waals surface area (Å²) in [5.74, 6) is 3.64. The molecule has 1 unspecified atom stereocenters. The van der Waals surface area contributed by atoms with Gasteiger partial charge in [0.25, 0.3) is 0 Å². The van der Waals surface area contributed by atoms with Crippen LogP contribution in [0.1, 0.15) is 23.4 Å². The smallest absolute Gasteiger partial charge is 0.234 e.